The van der Waals surface area contributed by atoms with Gasteiger partial charge in [-0.2, -0.15) is 0 Å². The highest BCUT2D eigenvalue weighted by atomic mass is 32.1. The summed E-state index contributed by atoms with van der Waals surface area (Å²) in [4.78, 5) is 12.1. The number of fused-ring (bicyclic) bond motifs is 1. The van der Waals surface area contributed by atoms with Crippen molar-refractivity contribution in [3.8, 4) is 0 Å². The van der Waals surface area contributed by atoms with Crippen LogP contribution in [0.5, 0.6) is 0 Å². The quantitative estimate of drug-likeness (QED) is 0.486. The summed E-state index contributed by atoms with van der Waals surface area (Å²) in [6, 6.07) is -0.110. The van der Waals surface area contributed by atoms with Gasteiger partial charge in [-0.25, -0.2) is 4.99 Å². The molecule has 0 aromatic heterocycles. The van der Waals surface area contributed by atoms with E-state index >= 15 is 0 Å². The van der Waals surface area contributed by atoms with Crippen molar-refractivity contribution in [2.75, 3.05) is 7.05 Å². The molecule has 2 aliphatic rings. The zero-order valence-electron chi connectivity index (χ0n) is 6.40. The Bertz CT molecular complexity index is 316. The normalized spacial score (nSPS) is 29.4. The monoisotopic (exact) mass is 181 g/mol. The van der Waals surface area contributed by atoms with E-state index in [9.17, 15) is 0 Å². The predicted octanol–water partition coefficient (Wildman–Crippen LogP) is -0.699. The molecule has 0 aromatic carbocycles. The Morgan fingerprint density at radius 2 is 2.42 bits per heavy atom. The summed E-state index contributed by atoms with van der Waals surface area (Å²) in [5.74, 6) is 1.49. The summed E-state index contributed by atoms with van der Waals surface area (Å²) in [6.45, 7) is 0. The molecule has 6 heteroatoms. The fraction of sp³-hybridized carbons (Fsp3) is 0.333. The molecule has 2 heterocycles. The van der Waals surface area contributed by atoms with Crippen LogP contribution >= 0.6 is 12.2 Å². The summed E-state index contributed by atoms with van der Waals surface area (Å²) in [5, 5.41) is 6.34. The van der Waals surface area contributed by atoms with Crippen LogP contribution in [0.3, 0.4) is 0 Å². The second kappa shape index (κ2) is 2.63. The molecule has 0 radical (unpaired) electrons. The number of hydrogen-bond acceptors (Lipinski definition) is 4. The van der Waals surface area contributed by atoms with Crippen molar-refractivity contribution in [3.63, 3.8) is 0 Å². The van der Waals surface area contributed by atoms with Gasteiger partial charge in [-0.1, -0.05) is 0 Å². The first kappa shape index (κ1) is 7.35. The second-order valence-corrected chi connectivity index (χ2v) is 2.78. The largest absolute Gasteiger partial charge is 0.319 e. The lowest BCUT2D eigenvalue weighted by Gasteiger charge is -2.22. The maximum atomic E-state index is 4.93. The first-order valence-corrected chi connectivity index (χ1v) is 3.86. The zero-order valence-corrected chi connectivity index (χ0v) is 7.22. The minimum Gasteiger partial charge on any atom is -0.319 e. The molecule has 0 saturated carbocycles. The number of nitrogens with zero attached hydrogens (tertiary/aromatic N) is 3. The smallest absolute Gasteiger partial charge is 0.177 e. The van der Waals surface area contributed by atoms with Gasteiger partial charge < -0.3 is 10.6 Å². The van der Waals surface area contributed by atoms with Crippen LogP contribution in [0.25, 0.3) is 0 Å². The molecule has 5 nitrogen and oxygen atoms in total. The number of thiocarbonyl (C=S) groups is 1. The summed E-state index contributed by atoms with van der Waals surface area (Å²) >= 11 is 4.93. The van der Waals surface area contributed by atoms with Crippen LogP contribution in [0.2, 0.25) is 0 Å². The van der Waals surface area contributed by atoms with Crippen molar-refractivity contribution in [1.82, 2.24) is 10.6 Å². The molecule has 0 spiro atoms. The van der Waals surface area contributed by atoms with E-state index in [2.05, 4.69) is 25.6 Å². The highest BCUT2D eigenvalue weighted by Gasteiger charge is 2.29. The molecule has 1 fully saturated rings. The molecular weight excluding hydrogens is 174 g/mol. The number of nitrogens with one attached hydrogen (secondary N) is 2. The number of rotatable bonds is 0. The number of hydrogen-bond donors (Lipinski definition) is 2. The van der Waals surface area contributed by atoms with Gasteiger partial charge in [0.15, 0.2) is 11.2 Å². The molecule has 1 saturated heterocycles. The van der Waals surface area contributed by atoms with Crippen LogP contribution in [0.15, 0.2) is 15.0 Å². The van der Waals surface area contributed by atoms with Crippen molar-refractivity contribution in [2.24, 2.45) is 15.0 Å². The van der Waals surface area contributed by atoms with Crippen molar-refractivity contribution < 1.29 is 0 Å². The molecular formula is C6H7N5S. The lowest BCUT2D eigenvalue weighted by Crippen LogP contribution is -2.57. The van der Waals surface area contributed by atoms with E-state index in [1.165, 1.54) is 6.34 Å². The summed E-state index contributed by atoms with van der Waals surface area (Å²) in [7, 11) is 1.70. The SMILES string of the molecule is CN=C1NC(=S)NC2=NC=NC12. The highest BCUT2D eigenvalue weighted by molar-refractivity contribution is 7.80. The standard InChI is InChI=1S/C6H7N5S/c1-7-4-3-5(9-2-8-3)11-6(12)10-4/h2-3H,1H3,(H2,7,8,9,10,11,12). The molecule has 0 aliphatic carbocycles. The Morgan fingerprint density at radius 3 is 3.17 bits per heavy atom. The van der Waals surface area contributed by atoms with Gasteiger partial charge in [0.1, 0.15) is 18.0 Å². The molecule has 2 rings (SSSR count). The minimum atomic E-state index is -0.110. The van der Waals surface area contributed by atoms with Gasteiger partial charge >= 0.3 is 0 Å². The molecule has 0 aromatic rings. The van der Waals surface area contributed by atoms with Crippen LogP contribution in [0.1, 0.15) is 0 Å². The van der Waals surface area contributed by atoms with E-state index in [1.807, 2.05) is 0 Å². The first-order chi connectivity index (χ1) is 5.81. The summed E-state index contributed by atoms with van der Waals surface area (Å²) in [5.41, 5.74) is 0. The first-order valence-electron chi connectivity index (χ1n) is 3.45. The Morgan fingerprint density at radius 1 is 1.58 bits per heavy atom. The molecule has 2 aliphatic heterocycles. The molecule has 12 heavy (non-hydrogen) atoms. The molecule has 2 N–H and O–H groups in total. The van der Waals surface area contributed by atoms with Crippen molar-refractivity contribution in [2.45, 2.75) is 6.04 Å². The lowest BCUT2D eigenvalue weighted by molar-refractivity contribution is 1.01. The fourth-order valence-corrected chi connectivity index (χ4v) is 1.32. The van der Waals surface area contributed by atoms with E-state index in [-0.39, 0.29) is 6.04 Å². The maximum Gasteiger partial charge on any atom is 0.177 e. The third-order valence-corrected chi connectivity index (χ3v) is 1.86. The van der Waals surface area contributed by atoms with Gasteiger partial charge in [0.2, 0.25) is 0 Å². The van der Waals surface area contributed by atoms with Gasteiger partial charge in [-0.15, -0.1) is 0 Å². The van der Waals surface area contributed by atoms with Gasteiger partial charge in [-0.05, 0) is 12.2 Å². The zero-order chi connectivity index (χ0) is 8.55. The van der Waals surface area contributed by atoms with E-state index in [1.54, 1.807) is 7.05 Å². The highest BCUT2D eigenvalue weighted by Crippen LogP contribution is 2.04. The van der Waals surface area contributed by atoms with Gasteiger partial charge in [-0.3, -0.25) is 9.98 Å². The third kappa shape index (κ3) is 1.00. The van der Waals surface area contributed by atoms with Crippen molar-refractivity contribution in [3.05, 3.63) is 0 Å². The topological polar surface area (TPSA) is 61.1 Å². The van der Waals surface area contributed by atoms with Gasteiger partial charge in [0.05, 0.1) is 0 Å². The van der Waals surface area contributed by atoms with Crippen LogP contribution < -0.4 is 10.6 Å². The number of amidine groups is 2. The summed E-state index contributed by atoms with van der Waals surface area (Å²) in [6.07, 6.45) is 1.51. The van der Waals surface area contributed by atoms with Gasteiger partial charge in [0.25, 0.3) is 0 Å². The molecule has 0 bridgehead atoms. The van der Waals surface area contributed by atoms with Crippen LogP contribution in [-0.2, 0) is 0 Å². The molecule has 1 unspecified atom stereocenters. The molecule has 62 valence electrons. The van der Waals surface area contributed by atoms with E-state index in [0.717, 1.165) is 11.7 Å². The van der Waals surface area contributed by atoms with E-state index in [4.69, 9.17) is 12.2 Å². The van der Waals surface area contributed by atoms with Crippen LogP contribution in [0, 0.1) is 0 Å². The predicted molar refractivity (Wildman–Crippen MR) is 51.9 cm³/mol. The Hall–Kier alpha value is -1.30. The van der Waals surface area contributed by atoms with E-state index in [0.29, 0.717) is 5.11 Å². The second-order valence-electron chi connectivity index (χ2n) is 2.37. The third-order valence-electron chi connectivity index (χ3n) is 1.65. The van der Waals surface area contributed by atoms with Crippen LogP contribution in [-0.4, -0.2) is 36.2 Å². The average Bonchev–Trinajstić information content (AvgIpc) is 2.50. The average molecular weight is 181 g/mol. The van der Waals surface area contributed by atoms with Crippen LogP contribution in [0.4, 0.5) is 0 Å². The Balaban J connectivity index is 2.33. The maximum absolute atomic E-state index is 4.93. The lowest BCUT2D eigenvalue weighted by atomic mass is 10.2. The minimum absolute atomic E-state index is 0.110. The Kier molecular flexibility index (Phi) is 1.61. The van der Waals surface area contributed by atoms with E-state index < -0.39 is 0 Å². The van der Waals surface area contributed by atoms with Gasteiger partial charge in [0, 0.05) is 7.05 Å². The fourth-order valence-electron chi connectivity index (χ4n) is 1.11. The molecule has 0 amide bonds. The molecule has 1 atom stereocenters. The Labute approximate surface area is 74.7 Å². The number of aliphatic imine (C=N–C) groups is 3. The summed E-state index contributed by atoms with van der Waals surface area (Å²) < 4.78 is 0. The van der Waals surface area contributed by atoms with Crippen molar-refractivity contribution >= 4 is 35.3 Å². The van der Waals surface area contributed by atoms with Crippen molar-refractivity contribution in [1.29, 1.82) is 0 Å².